The van der Waals surface area contributed by atoms with Gasteiger partial charge < -0.3 is 4.74 Å². The molecule has 0 saturated carbocycles. The smallest absolute Gasteiger partial charge is 0.342 e. The van der Waals surface area contributed by atoms with Gasteiger partial charge in [0.2, 0.25) is 0 Å². The number of carbonyl (C=O) groups excluding carboxylic acids is 1. The molecular weight excluding hydrogens is 356 g/mol. The van der Waals surface area contributed by atoms with Crippen LogP contribution in [0, 0.1) is 0 Å². The lowest BCUT2D eigenvalue weighted by Gasteiger charge is -2.15. The zero-order chi connectivity index (χ0) is 19.2. The summed E-state index contributed by atoms with van der Waals surface area (Å²) in [7, 11) is 0. The number of nitrogens with zero attached hydrogens (tertiary/aromatic N) is 2. The monoisotopic (exact) mass is 378 g/mol. The summed E-state index contributed by atoms with van der Waals surface area (Å²) in [6.45, 7) is 6.28. The highest BCUT2D eigenvalue weighted by atomic mass is 32.2. The van der Waals surface area contributed by atoms with Gasteiger partial charge in [-0.25, -0.2) is 14.8 Å². The average molecular weight is 378 g/mol. The Morgan fingerprint density at radius 3 is 1.81 bits per heavy atom. The van der Waals surface area contributed by atoms with E-state index in [-0.39, 0.29) is 0 Å². The lowest BCUT2D eigenvalue weighted by Crippen LogP contribution is -2.12. The second kappa shape index (κ2) is 8.82. The van der Waals surface area contributed by atoms with Crippen molar-refractivity contribution in [2.45, 2.75) is 31.2 Å². The molecule has 138 valence electrons. The summed E-state index contributed by atoms with van der Waals surface area (Å²) in [5.41, 5.74) is 3.34. The van der Waals surface area contributed by atoms with Crippen LogP contribution in [0.1, 0.15) is 31.1 Å². The predicted octanol–water partition coefficient (Wildman–Crippen LogP) is 5.49. The van der Waals surface area contributed by atoms with Crippen LogP contribution in [0.5, 0.6) is 0 Å². The van der Waals surface area contributed by atoms with Gasteiger partial charge in [0.1, 0.15) is 5.56 Å². The summed E-state index contributed by atoms with van der Waals surface area (Å²) >= 11 is 1.58. The van der Waals surface area contributed by atoms with Gasteiger partial charge in [0, 0.05) is 16.4 Å². The van der Waals surface area contributed by atoms with Crippen LogP contribution in [-0.4, -0.2) is 27.8 Å². The van der Waals surface area contributed by atoms with Gasteiger partial charge >= 0.3 is 5.97 Å². The number of ether oxygens (including phenoxy) is 1. The second-order valence-corrected chi connectivity index (χ2v) is 7.74. The zero-order valence-corrected chi connectivity index (χ0v) is 16.5. The minimum atomic E-state index is -0.406. The molecule has 5 heteroatoms. The van der Waals surface area contributed by atoms with Gasteiger partial charge in [0.15, 0.2) is 5.16 Å². The van der Waals surface area contributed by atoms with Gasteiger partial charge in [-0.3, -0.25) is 0 Å². The van der Waals surface area contributed by atoms with Crippen LogP contribution in [-0.2, 0) is 4.74 Å². The van der Waals surface area contributed by atoms with Gasteiger partial charge in [-0.15, -0.1) is 0 Å². The molecule has 0 saturated heterocycles. The Labute approximate surface area is 164 Å². The van der Waals surface area contributed by atoms with Crippen molar-refractivity contribution in [3.05, 3.63) is 66.2 Å². The summed E-state index contributed by atoms with van der Waals surface area (Å²) < 4.78 is 5.35. The third-order valence-electron chi connectivity index (χ3n) is 3.80. The molecule has 0 fully saturated rings. The SMILES string of the molecule is CCOC(=O)c1c(-c2ccccc2)nc(SC(C)C)nc1-c1ccccc1. The Morgan fingerprint density at radius 2 is 1.41 bits per heavy atom. The first kappa shape index (κ1) is 19.1. The summed E-state index contributed by atoms with van der Waals surface area (Å²) in [6, 6.07) is 19.4. The van der Waals surface area contributed by atoms with Crippen LogP contribution in [0.25, 0.3) is 22.5 Å². The number of thioether (sulfide) groups is 1. The van der Waals surface area contributed by atoms with Crippen molar-refractivity contribution in [3.63, 3.8) is 0 Å². The standard InChI is InChI=1S/C22H22N2O2S/c1-4-26-21(25)18-19(16-11-7-5-8-12-16)23-22(27-15(2)3)24-20(18)17-13-9-6-10-14-17/h5-15H,4H2,1-3H3. The lowest BCUT2D eigenvalue weighted by atomic mass is 10.0. The van der Waals surface area contributed by atoms with Crippen LogP contribution >= 0.6 is 11.8 Å². The lowest BCUT2D eigenvalue weighted by molar-refractivity contribution is 0.0527. The second-order valence-electron chi connectivity index (χ2n) is 6.20. The highest BCUT2D eigenvalue weighted by Gasteiger charge is 2.24. The van der Waals surface area contributed by atoms with Crippen molar-refractivity contribution in [3.8, 4) is 22.5 Å². The highest BCUT2D eigenvalue weighted by Crippen LogP contribution is 2.33. The van der Waals surface area contributed by atoms with Crippen LogP contribution in [0.2, 0.25) is 0 Å². The molecule has 1 aromatic heterocycles. The molecule has 1 heterocycles. The molecule has 0 amide bonds. The van der Waals surface area contributed by atoms with E-state index >= 15 is 0 Å². The maximum absolute atomic E-state index is 12.9. The van der Waals surface area contributed by atoms with Crippen LogP contribution < -0.4 is 0 Å². The quantitative estimate of drug-likeness (QED) is 0.323. The van der Waals surface area contributed by atoms with Crippen LogP contribution in [0.4, 0.5) is 0 Å². The summed E-state index contributed by atoms with van der Waals surface area (Å²) in [4.78, 5) is 22.3. The first-order valence-electron chi connectivity index (χ1n) is 8.96. The summed E-state index contributed by atoms with van der Waals surface area (Å²) in [5.74, 6) is -0.406. The maximum Gasteiger partial charge on any atom is 0.342 e. The van der Waals surface area contributed by atoms with Gasteiger partial charge in [-0.1, -0.05) is 86.3 Å². The molecule has 0 unspecified atom stereocenters. The third-order valence-corrected chi connectivity index (χ3v) is 4.67. The van der Waals surface area contributed by atoms with E-state index in [1.165, 1.54) is 0 Å². The molecule has 0 aliphatic heterocycles. The number of hydrogen-bond acceptors (Lipinski definition) is 5. The van der Waals surface area contributed by atoms with Gasteiger partial charge in [0.05, 0.1) is 18.0 Å². The molecule has 0 spiro atoms. The molecule has 27 heavy (non-hydrogen) atoms. The largest absolute Gasteiger partial charge is 0.462 e. The molecule has 3 aromatic rings. The van der Waals surface area contributed by atoms with E-state index in [0.717, 1.165) is 11.1 Å². The Bertz CT molecular complexity index is 852. The number of carbonyl (C=O) groups is 1. The Balaban J connectivity index is 2.30. The molecule has 0 bridgehead atoms. The highest BCUT2D eigenvalue weighted by molar-refractivity contribution is 7.99. The first-order valence-corrected chi connectivity index (χ1v) is 9.84. The summed E-state index contributed by atoms with van der Waals surface area (Å²) in [5, 5.41) is 0.974. The minimum absolute atomic E-state index is 0.295. The average Bonchev–Trinajstić information content (AvgIpc) is 2.68. The van der Waals surface area contributed by atoms with Crippen LogP contribution in [0.3, 0.4) is 0 Å². The van der Waals surface area contributed by atoms with E-state index in [1.54, 1.807) is 18.7 Å². The number of benzene rings is 2. The number of aromatic nitrogens is 2. The van der Waals surface area contributed by atoms with E-state index in [9.17, 15) is 4.79 Å². The number of hydrogen-bond donors (Lipinski definition) is 0. The van der Waals surface area contributed by atoms with E-state index in [1.807, 2.05) is 60.7 Å². The fraction of sp³-hybridized carbons (Fsp3) is 0.227. The van der Waals surface area contributed by atoms with Crippen LogP contribution in [0.15, 0.2) is 65.8 Å². The Kier molecular flexibility index (Phi) is 6.24. The van der Waals surface area contributed by atoms with Crippen molar-refractivity contribution in [2.75, 3.05) is 6.61 Å². The van der Waals surface area contributed by atoms with Crippen molar-refractivity contribution in [2.24, 2.45) is 0 Å². The van der Waals surface area contributed by atoms with Gasteiger partial charge in [-0.2, -0.15) is 0 Å². The molecule has 0 aliphatic rings. The summed E-state index contributed by atoms with van der Waals surface area (Å²) in [6.07, 6.45) is 0. The van der Waals surface area contributed by atoms with Crippen molar-refractivity contribution < 1.29 is 9.53 Å². The Morgan fingerprint density at radius 1 is 0.926 bits per heavy atom. The van der Waals surface area contributed by atoms with E-state index < -0.39 is 5.97 Å². The minimum Gasteiger partial charge on any atom is -0.462 e. The van der Waals surface area contributed by atoms with Gasteiger partial charge in [0.25, 0.3) is 0 Å². The fourth-order valence-electron chi connectivity index (χ4n) is 2.71. The number of rotatable bonds is 6. The molecule has 2 aromatic carbocycles. The third kappa shape index (κ3) is 4.55. The zero-order valence-electron chi connectivity index (χ0n) is 15.7. The predicted molar refractivity (Wildman–Crippen MR) is 110 cm³/mol. The van der Waals surface area contributed by atoms with Crippen molar-refractivity contribution >= 4 is 17.7 Å². The molecular formula is C22H22N2O2S. The normalized spacial score (nSPS) is 10.8. The molecule has 0 aliphatic carbocycles. The maximum atomic E-state index is 12.9. The molecule has 3 rings (SSSR count). The fourth-order valence-corrected chi connectivity index (χ4v) is 3.42. The van der Waals surface area contributed by atoms with Gasteiger partial charge in [-0.05, 0) is 6.92 Å². The molecule has 4 nitrogen and oxygen atoms in total. The van der Waals surface area contributed by atoms with Crippen molar-refractivity contribution in [1.29, 1.82) is 0 Å². The Hall–Kier alpha value is -2.66. The molecule has 0 atom stereocenters. The van der Waals surface area contributed by atoms with E-state index in [2.05, 4.69) is 13.8 Å². The first-order chi connectivity index (χ1) is 13.1. The van der Waals surface area contributed by atoms with E-state index in [4.69, 9.17) is 14.7 Å². The number of esters is 1. The molecule has 0 radical (unpaired) electrons. The molecule has 0 N–H and O–H groups in total. The van der Waals surface area contributed by atoms with Crippen molar-refractivity contribution in [1.82, 2.24) is 9.97 Å². The van der Waals surface area contributed by atoms with E-state index in [0.29, 0.717) is 34.0 Å². The topological polar surface area (TPSA) is 52.1 Å².